The Bertz CT molecular complexity index is 1150. The van der Waals surface area contributed by atoms with Crippen LogP contribution in [0.4, 0.5) is 0 Å². The first-order valence-corrected chi connectivity index (χ1v) is 11.7. The van der Waals surface area contributed by atoms with E-state index in [0.29, 0.717) is 31.2 Å². The summed E-state index contributed by atoms with van der Waals surface area (Å²) in [5.41, 5.74) is 2.25. The number of fused-ring (bicyclic) bond motifs is 1. The predicted octanol–water partition coefficient (Wildman–Crippen LogP) is 3.86. The molecule has 2 aromatic carbocycles. The van der Waals surface area contributed by atoms with Crippen LogP contribution in [0.2, 0.25) is 0 Å². The Balaban J connectivity index is 1.55. The van der Waals surface area contributed by atoms with E-state index in [1.165, 1.54) is 0 Å². The molecule has 0 atom stereocenters. The molecule has 2 heterocycles. The summed E-state index contributed by atoms with van der Waals surface area (Å²) in [4.78, 5) is 17.9. The summed E-state index contributed by atoms with van der Waals surface area (Å²) in [5, 5.41) is 0.720. The molecule has 1 aliphatic rings. The molecule has 0 aliphatic carbocycles. The van der Waals surface area contributed by atoms with Gasteiger partial charge in [-0.25, -0.2) is 8.42 Å². The number of rotatable bonds is 5. The second-order valence-corrected chi connectivity index (χ2v) is 10.1. The molecule has 0 spiro atoms. The zero-order chi connectivity index (χ0) is 21.3. The van der Waals surface area contributed by atoms with Crippen LogP contribution >= 0.6 is 0 Å². The number of carbonyl (C=O) groups is 1. The Hall–Kier alpha value is -2.64. The molecular weight excluding hydrogens is 398 g/mol. The van der Waals surface area contributed by atoms with E-state index in [4.69, 9.17) is 0 Å². The summed E-state index contributed by atoms with van der Waals surface area (Å²) in [6.07, 6.45) is 1.77. The Kier molecular flexibility index (Phi) is 5.66. The first-order valence-electron chi connectivity index (χ1n) is 10.3. The average molecular weight is 426 g/mol. The predicted molar refractivity (Wildman–Crippen MR) is 118 cm³/mol. The van der Waals surface area contributed by atoms with Gasteiger partial charge in [-0.15, -0.1) is 0 Å². The molecule has 0 bridgehead atoms. The zero-order valence-corrected chi connectivity index (χ0v) is 18.2. The van der Waals surface area contributed by atoms with Gasteiger partial charge in [0.15, 0.2) is 0 Å². The Morgan fingerprint density at radius 3 is 2.50 bits per heavy atom. The van der Waals surface area contributed by atoms with Crippen molar-refractivity contribution < 1.29 is 13.2 Å². The fourth-order valence-electron chi connectivity index (χ4n) is 3.90. The lowest BCUT2D eigenvalue weighted by Crippen LogP contribution is -2.37. The maximum absolute atomic E-state index is 13.0. The van der Waals surface area contributed by atoms with E-state index >= 15 is 0 Å². The van der Waals surface area contributed by atoms with Crippen molar-refractivity contribution in [3.8, 4) is 0 Å². The van der Waals surface area contributed by atoms with E-state index in [1.54, 1.807) is 40.5 Å². The van der Waals surface area contributed by atoms with Crippen molar-refractivity contribution in [2.75, 3.05) is 20.1 Å². The molecule has 1 N–H and O–H groups in total. The normalized spacial score (nSPS) is 16.1. The van der Waals surface area contributed by atoms with Gasteiger partial charge in [-0.05, 0) is 48.6 Å². The van der Waals surface area contributed by atoms with Crippen molar-refractivity contribution in [1.29, 1.82) is 0 Å². The van der Waals surface area contributed by atoms with E-state index in [-0.39, 0.29) is 10.8 Å². The van der Waals surface area contributed by atoms with Crippen molar-refractivity contribution in [2.45, 2.75) is 31.2 Å². The molecule has 4 rings (SSSR count). The number of H-pyrrole nitrogens is 1. The van der Waals surface area contributed by atoms with Gasteiger partial charge in [-0.3, -0.25) is 4.79 Å². The van der Waals surface area contributed by atoms with Crippen molar-refractivity contribution >= 4 is 26.8 Å². The van der Waals surface area contributed by atoms with Crippen molar-refractivity contribution in [2.24, 2.45) is 5.92 Å². The summed E-state index contributed by atoms with van der Waals surface area (Å²) < 4.78 is 27.6. The average Bonchev–Trinajstić information content (AvgIpc) is 3.17. The minimum absolute atomic E-state index is 0.135. The molecule has 1 fully saturated rings. The maximum Gasteiger partial charge on any atom is 0.270 e. The van der Waals surface area contributed by atoms with Gasteiger partial charge < -0.3 is 9.88 Å². The second kappa shape index (κ2) is 8.24. The smallest absolute Gasteiger partial charge is 0.270 e. The quantitative estimate of drug-likeness (QED) is 0.675. The van der Waals surface area contributed by atoms with Crippen molar-refractivity contribution in [3.05, 3.63) is 65.9 Å². The van der Waals surface area contributed by atoms with Crippen LogP contribution in [-0.2, 0) is 16.6 Å². The van der Waals surface area contributed by atoms with E-state index < -0.39 is 10.0 Å². The number of benzene rings is 2. The van der Waals surface area contributed by atoms with Crippen LogP contribution in [0.15, 0.2) is 59.5 Å². The number of piperidine rings is 1. The SMILES string of the molecule is CC1CCN(S(=O)(=O)c2ccc3[nH]c(C(=O)N(C)Cc4ccccc4)cc3c2)CC1. The van der Waals surface area contributed by atoms with E-state index in [0.717, 1.165) is 29.3 Å². The van der Waals surface area contributed by atoms with E-state index in [1.807, 2.05) is 30.3 Å². The highest BCUT2D eigenvalue weighted by molar-refractivity contribution is 7.89. The molecule has 158 valence electrons. The zero-order valence-electron chi connectivity index (χ0n) is 17.3. The Morgan fingerprint density at radius 1 is 1.10 bits per heavy atom. The lowest BCUT2D eigenvalue weighted by molar-refractivity contribution is 0.0780. The monoisotopic (exact) mass is 425 g/mol. The largest absolute Gasteiger partial charge is 0.351 e. The fourth-order valence-corrected chi connectivity index (χ4v) is 5.40. The highest BCUT2D eigenvalue weighted by Crippen LogP contribution is 2.26. The van der Waals surface area contributed by atoms with Crippen LogP contribution in [0.3, 0.4) is 0 Å². The number of amides is 1. The summed E-state index contributed by atoms with van der Waals surface area (Å²) in [6.45, 7) is 3.77. The van der Waals surface area contributed by atoms with E-state index in [9.17, 15) is 13.2 Å². The highest BCUT2D eigenvalue weighted by Gasteiger charge is 2.28. The van der Waals surface area contributed by atoms with Gasteiger partial charge in [-0.1, -0.05) is 37.3 Å². The van der Waals surface area contributed by atoms with Gasteiger partial charge in [-0.2, -0.15) is 4.31 Å². The molecule has 30 heavy (non-hydrogen) atoms. The minimum Gasteiger partial charge on any atom is -0.351 e. The van der Waals surface area contributed by atoms with Crippen LogP contribution in [0.1, 0.15) is 35.8 Å². The highest BCUT2D eigenvalue weighted by atomic mass is 32.2. The molecule has 1 aromatic heterocycles. The Morgan fingerprint density at radius 2 is 1.80 bits per heavy atom. The minimum atomic E-state index is -3.52. The summed E-state index contributed by atoms with van der Waals surface area (Å²) in [7, 11) is -1.76. The number of nitrogens with zero attached hydrogens (tertiary/aromatic N) is 2. The van der Waals surface area contributed by atoms with Crippen molar-refractivity contribution in [3.63, 3.8) is 0 Å². The molecule has 0 radical (unpaired) electrons. The molecule has 1 saturated heterocycles. The van der Waals surface area contributed by atoms with Crippen LogP contribution in [0, 0.1) is 5.92 Å². The molecule has 0 saturated carbocycles. The number of carbonyl (C=O) groups excluding carboxylic acids is 1. The topological polar surface area (TPSA) is 73.5 Å². The number of sulfonamides is 1. The van der Waals surface area contributed by atoms with Gasteiger partial charge >= 0.3 is 0 Å². The lowest BCUT2D eigenvalue weighted by atomic mass is 10.0. The summed E-state index contributed by atoms with van der Waals surface area (Å²) >= 11 is 0. The fraction of sp³-hybridized carbons (Fsp3) is 0.348. The first kappa shape index (κ1) is 20.6. The lowest BCUT2D eigenvalue weighted by Gasteiger charge is -2.29. The standard InChI is InChI=1S/C23H27N3O3S/c1-17-10-12-26(13-11-17)30(28,29)20-8-9-21-19(14-20)15-22(24-21)23(27)25(2)16-18-6-4-3-5-7-18/h3-9,14-15,17,24H,10-13,16H2,1-2H3. The number of nitrogens with one attached hydrogen (secondary N) is 1. The number of hydrogen-bond donors (Lipinski definition) is 1. The molecule has 0 unspecified atom stereocenters. The van der Waals surface area contributed by atoms with Gasteiger partial charge in [0.25, 0.3) is 5.91 Å². The molecular formula is C23H27N3O3S. The van der Waals surface area contributed by atoms with Crippen LogP contribution in [-0.4, -0.2) is 48.7 Å². The summed E-state index contributed by atoms with van der Waals surface area (Å²) in [5.74, 6) is 0.425. The Labute approximate surface area is 177 Å². The van der Waals surface area contributed by atoms with Gasteiger partial charge in [0.1, 0.15) is 5.69 Å². The third kappa shape index (κ3) is 4.13. The molecule has 1 amide bonds. The third-order valence-electron chi connectivity index (χ3n) is 5.81. The van der Waals surface area contributed by atoms with Crippen LogP contribution in [0.25, 0.3) is 10.9 Å². The van der Waals surface area contributed by atoms with Crippen molar-refractivity contribution in [1.82, 2.24) is 14.2 Å². The molecule has 6 nitrogen and oxygen atoms in total. The molecule has 7 heteroatoms. The number of hydrogen-bond acceptors (Lipinski definition) is 3. The molecule has 1 aliphatic heterocycles. The van der Waals surface area contributed by atoms with Gasteiger partial charge in [0.05, 0.1) is 4.90 Å². The van der Waals surface area contributed by atoms with Gasteiger partial charge in [0.2, 0.25) is 10.0 Å². The third-order valence-corrected chi connectivity index (χ3v) is 7.71. The van der Waals surface area contributed by atoms with Crippen LogP contribution in [0.5, 0.6) is 0 Å². The summed E-state index contributed by atoms with van der Waals surface area (Å²) in [6, 6.07) is 16.5. The number of aromatic nitrogens is 1. The van der Waals surface area contributed by atoms with E-state index in [2.05, 4.69) is 11.9 Å². The van der Waals surface area contributed by atoms with Crippen LogP contribution < -0.4 is 0 Å². The first-order chi connectivity index (χ1) is 14.3. The molecule has 3 aromatic rings. The second-order valence-electron chi connectivity index (χ2n) is 8.17. The number of aromatic amines is 1. The van der Waals surface area contributed by atoms with Gasteiger partial charge in [0, 0.05) is 37.6 Å². The maximum atomic E-state index is 13.0.